The van der Waals surface area contributed by atoms with Crippen LogP contribution >= 0.6 is 0 Å². The van der Waals surface area contributed by atoms with Crippen molar-refractivity contribution < 1.29 is 0 Å². The van der Waals surface area contributed by atoms with E-state index in [4.69, 9.17) is 0 Å². The first-order valence-corrected chi connectivity index (χ1v) is 9.31. The number of fused-ring (bicyclic) bond motifs is 2. The minimum atomic E-state index is -0.110. The molecular formula is C21H20N6O. The van der Waals surface area contributed by atoms with Crippen LogP contribution in [0.25, 0.3) is 28.1 Å². The van der Waals surface area contributed by atoms with Crippen LogP contribution in [0.3, 0.4) is 0 Å². The molecule has 0 spiro atoms. The molecule has 7 nitrogen and oxygen atoms in total. The molecular weight excluding hydrogens is 352 g/mol. The summed E-state index contributed by atoms with van der Waals surface area (Å²) in [4.78, 5) is 24.0. The van der Waals surface area contributed by atoms with Crippen molar-refractivity contribution in [2.75, 3.05) is 20.1 Å². The Balaban J connectivity index is 1.58. The van der Waals surface area contributed by atoms with Gasteiger partial charge in [-0.1, -0.05) is 6.08 Å². The molecule has 4 aromatic rings. The number of likely N-dealkylation sites (N-methyl/N-ethyl adjacent to an activating group) is 1. The summed E-state index contributed by atoms with van der Waals surface area (Å²) in [5, 5.41) is 4.54. The van der Waals surface area contributed by atoms with Crippen molar-refractivity contribution in [3.05, 3.63) is 70.5 Å². The van der Waals surface area contributed by atoms with Crippen molar-refractivity contribution in [1.82, 2.24) is 28.9 Å². The minimum Gasteiger partial charge on any atom is -0.302 e. The molecule has 28 heavy (non-hydrogen) atoms. The zero-order valence-corrected chi connectivity index (χ0v) is 15.8. The summed E-state index contributed by atoms with van der Waals surface area (Å²) in [5.74, 6) is 0. The highest BCUT2D eigenvalue weighted by Crippen LogP contribution is 2.22. The van der Waals surface area contributed by atoms with Crippen molar-refractivity contribution in [1.29, 1.82) is 0 Å². The lowest BCUT2D eigenvalue weighted by Gasteiger charge is -2.22. The summed E-state index contributed by atoms with van der Waals surface area (Å²) in [6, 6.07) is 7.38. The zero-order valence-electron chi connectivity index (χ0n) is 15.8. The van der Waals surface area contributed by atoms with Gasteiger partial charge in [-0.15, -0.1) is 0 Å². The van der Waals surface area contributed by atoms with Gasteiger partial charge in [0.05, 0.1) is 29.3 Å². The van der Waals surface area contributed by atoms with E-state index in [0.29, 0.717) is 17.0 Å². The second-order valence-electron chi connectivity index (χ2n) is 7.29. The monoisotopic (exact) mass is 372 g/mol. The molecule has 4 aromatic heterocycles. The van der Waals surface area contributed by atoms with E-state index in [1.54, 1.807) is 21.2 Å². The molecule has 0 radical (unpaired) electrons. The number of pyridine rings is 1. The second kappa shape index (κ2) is 6.38. The van der Waals surface area contributed by atoms with Crippen molar-refractivity contribution in [2.45, 2.75) is 13.3 Å². The number of hydrogen-bond donors (Lipinski definition) is 0. The molecule has 0 aromatic carbocycles. The molecule has 0 amide bonds. The normalized spacial score (nSPS) is 15.3. The predicted molar refractivity (Wildman–Crippen MR) is 108 cm³/mol. The molecule has 0 unspecified atom stereocenters. The van der Waals surface area contributed by atoms with Gasteiger partial charge in [-0.2, -0.15) is 5.10 Å². The molecule has 7 heteroatoms. The molecule has 5 heterocycles. The van der Waals surface area contributed by atoms with Gasteiger partial charge in [-0.05, 0) is 49.7 Å². The maximum Gasteiger partial charge on any atom is 0.258 e. The molecule has 0 saturated heterocycles. The molecule has 140 valence electrons. The fourth-order valence-corrected chi connectivity index (χ4v) is 3.57. The Morgan fingerprint density at radius 3 is 2.82 bits per heavy atom. The average Bonchev–Trinajstić information content (AvgIpc) is 3.11. The van der Waals surface area contributed by atoms with Crippen LogP contribution in [-0.2, 0) is 0 Å². The molecule has 0 fully saturated rings. The number of nitrogens with zero attached hydrogens (tertiary/aromatic N) is 6. The average molecular weight is 372 g/mol. The maximum absolute atomic E-state index is 12.8. The van der Waals surface area contributed by atoms with Gasteiger partial charge in [-0.3, -0.25) is 14.2 Å². The number of aromatic nitrogens is 5. The van der Waals surface area contributed by atoms with Gasteiger partial charge in [0.15, 0.2) is 0 Å². The molecule has 5 rings (SSSR count). The molecule has 0 aliphatic carbocycles. The van der Waals surface area contributed by atoms with Gasteiger partial charge >= 0.3 is 0 Å². The zero-order chi connectivity index (χ0) is 19.3. The fourth-order valence-electron chi connectivity index (χ4n) is 3.57. The van der Waals surface area contributed by atoms with Crippen molar-refractivity contribution in [3.8, 4) is 11.4 Å². The topological polar surface area (TPSA) is 67.8 Å². The number of aryl methyl sites for hydroxylation is 1. The van der Waals surface area contributed by atoms with Crippen LogP contribution in [-0.4, -0.2) is 49.0 Å². The van der Waals surface area contributed by atoms with Gasteiger partial charge in [0, 0.05) is 25.4 Å². The van der Waals surface area contributed by atoms with E-state index in [2.05, 4.69) is 33.1 Å². The lowest BCUT2D eigenvalue weighted by Crippen LogP contribution is -2.24. The molecule has 0 N–H and O–H groups in total. The highest BCUT2D eigenvalue weighted by molar-refractivity contribution is 5.68. The summed E-state index contributed by atoms with van der Waals surface area (Å²) in [6.07, 6.45) is 8.72. The van der Waals surface area contributed by atoms with Crippen LogP contribution in [0, 0.1) is 6.92 Å². The van der Waals surface area contributed by atoms with E-state index >= 15 is 0 Å². The number of rotatable bonds is 2. The largest absolute Gasteiger partial charge is 0.302 e. The predicted octanol–water partition coefficient (Wildman–Crippen LogP) is 2.43. The Morgan fingerprint density at radius 1 is 1.11 bits per heavy atom. The third kappa shape index (κ3) is 2.90. The van der Waals surface area contributed by atoms with Gasteiger partial charge in [0.1, 0.15) is 11.3 Å². The van der Waals surface area contributed by atoms with Crippen LogP contribution in [0.15, 0.2) is 53.7 Å². The first-order valence-electron chi connectivity index (χ1n) is 9.31. The van der Waals surface area contributed by atoms with E-state index in [1.807, 2.05) is 37.5 Å². The Labute approximate surface area is 161 Å². The summed E-state index contributed by atoms with van der Waals surface area (Å²) in [7, 11) is 2.11. The molecule has 0 bridgehead atoms. The third-order valence-electron chi connectivity index (χ3n) is 5.18. The van der Waals surface area contributed by atoms with Gasteiger partial charge in [0.2, 0.25) is 0 Å². The summed E-state index contributed by atoms with van der Waals surface area (Å²) in [5.41, 5.74) is 5.84. The quantitative estimate of drug-likeness (QED) is 0.541. The SMILES string of the molecule is Cc1cn2nc(-c3cc(=O)n4cc(C5=CCN(C)CC5)ccc4n3)cc2cn1. The van der Waals surface area contributed by atoms with E-state index in [0.717, 1.165) is 36.3 Å². The van der Waals surface area contributed by atoms with Crippen LogP contribution in [0.5, 0.6) is 0 Å². The Bertz CT molecular complexity index is 1300. The first-order chi connectivity index (χ1) is 13.6. The second-order valence-corrected chi connectivity index (χ2v) is 7.29. The standard InChI is InChI=1S/C21H20N6O/c1-14-12-27-17(11-22-14)9-19(24-27)18-10-21(28)26-13-16(3-4-20(26)23-18)15-5-7-25(2)8-6-15/h3-5,9-13H,6-8H2,1-2H3. The summed E-state index contributed by atoms with van der Waals surface area (Å²) < 4.78 is 3.37. The molecule has 1 aliphatic rings. The smallest absolute Gasteiger partial charge is 0.258 e. The molecule has 1 aliphatic heterocycles. The Morgan fingerprint density at radius 2 is 2.00 bits per heavy atom. The lowest BCUT2D eigenvalue weighted by atomic mass is 10.0. The van der Waals surface area contributed by atoms with Crippen molar-refractivity contribution in [2.24, 2.45) is 0 Å². The highest BCUT2D eigenvalue weighted by Gasteiger charge is 2.13. The van der Waals surface area contributed by atoms with Gasteiger partial charge < -0.3 is 4.90 Å². The molecule has 0 saturated carbocycles. The van der Waals surface area contributed by atoms with Gasteiger partial charge in [-0.25, -0.2) is 9.50 Å². The minimum absolute atomic E-state index is 0.110. The summed E-state index contributed by atoms with van der Waals surface area (Å²) in [6.45, 7) is 3.87. The first kappa shape index (κ1) is 16.8. The maximum atomic E-state index is 12.8. The van der Waals surface area contributed by atoms with E-state index in [9.17, 15) is 4.79 Å². The van der Waals surface area contributed by atoms with E-state index in [-0.39, 0.29) is 5.56 Å². The van der Waals surface area contributed by atoms with Crippen LogP contribution in [0.4, 0.5) is 0 Å². The lowest BCUT2D eigenvalue weighted by molar-refractivity contribution is 0.370. The Kier molecular flexibility index (Phi) is 3.84. The van der Waals surface area contributed by atoms with Crippen molar-refractivity contribution in [3.63, 3.8) is 0 Å². The fraction of sp³-hybridized carbons (Fsp3) is 0.238. The van der Waals surface area contributed by atoms with E-state index < -0.39 is 0 Å². The number of hydrogen-bond acceptors (Lipinski definition) is 5. The van der Waals surface area contributed by atoms with Crippen LogP contribution in [0.1, 0.15) is 17.7 Å². The van der Waals surface area contributed by atoms with Gasteiger partial charge in [0.25, 0.3) is 5.56 Å². The van der Waals surface area contributed by atoms with Crippen LogP contribution in [0.2, 0.25) is 0 Å². The van der Waals surface area contributed by atoms with E-state index in [1.165, 1.54) is 5.57 Å². The molecule has 0 atom stereocenters. The van der Waals surface area contributed by atoms with Crippen molar-refractivity contribution >= 4 is 16.7 Å². The summed E-state index contributed by atoms with van der Waals surface area (Å²) >= 11 is 0. The highest BCUT2D eigenvalue weighted by atomic mass is 16.1. The van der Waals surface area contributed by atoms with Crippen LogP contribution < -0.4 is 5.56 Å². The Hall–Kier alpha value is -3.32. The third-order valence-corrected chi connectivity index (χ3v) is 5.18.